The van der Waals surface area contributed by atoms with Crippen LogP contribution >= 0.6 is 0 Å². The molecule has 5 nitrogen and oxygen atoms in total. The fourth-order valence-electron chi connectivity index (χ4n) is 3.33. The molecule has 1 N–H and O–H groups in total. The summed E-state index contributed by atoms with van der Waals surface area (Å²) in [6, 6.07) is 14.6. The zero-order valence-electron chi connectivity index (χ0n) is 17.5. The van der Waals surface area contributed by atoms with E-state index in [-0.39, 0.29) is 5.91 Å². The molecule has 152 valence electrons. The second-order valence-corrected chi connectivity index (χ2v) is 9.92. The molecular weight excluding hydrogens is 372 g/mol. The van der Waals surface area contributed by atoms with E-state index in [4.69, 9.17) is 0 Å². The predicted octanol–water partition coefficient (Wildman–Crippen LogP) is 3.60. The summed E-state index contributed by atoms with van der Waals surface area (Å²) in [5.41, 5.74) is 2.86. The highest BCUT2D eigenvalue weighted by molar-refractivity contribution is 7.92. The fraction of sp³-hybridized carbons (Fsp3) is 0.409. The predicted molar refractivity (Wildman–Crippen MR) is 115 cm³/mol. The smallest absolute Gasteiger partial charge is 0.244 e. The van der Waals surface area contributed by atoms with Crippen LogP contribution in [0.25, 0.3) is 0 Å². The standard InChI is InChI=1S/C22H30N2O3S/c1-16-12-13-17(2)20(14-16)24(28(6,26)27)18(3)21(25)23-22(4,5)15-19-10-8-7-9-11-19/h7-14,18H,15H2,1-6H3,(H,23,25)/t18-/m0/s1. The van der Waals surface area contributed by atoms with Crippen molar-refractivity contribution >= 4 is 21.6 Å². The molecule has 6 heteroatoms. The Kier molecular flexibility index (Phi) is 6.55. The summed E-state index contributed by atoms with van der Waals surface area (Å²) in [6.45, 7) is 9.24. The van der Waals surface area contributed by atoms with Gasteiger partial charge in [0.25, 0.3) is 0 Å². The minimum Gasteiger partial charge on any atom is -0.349 e. The summed E-state index contributed by atoms with van der Waals surface area (Å²) in [7, 11) is -3.64. The van der Waals surface area contributed by atoms with Gasteiger partial charge in [-0.25, -0.2) is 8.42 Å². The van der Waals surface area contributed by atoms with Gasteiger partial charge >= 0.3 is 0 Å². The van der Waals surface area contributed by atoms with Crippen molar-refractivity contribution < 1.29 is 13.2 Å². The summed E-state index contributed by atoms with van der Waals surface area (Å²) >= 11 is 0. The highest BCUT2D eigenvalue weighted by Crippen LogP contribution is 2.26. The third kappa shape index (κ3) is 5.58. The molecule has 0 unspecified atom stereocenters. The SMILES string of the molecule is Cc1ccc(C)c(N([C@@H](C)C(=O)NC(C)(C)Cc2ccccc2)S(C)(=O)=O)c1. The topological polar surface area (TPSA) is 66.5 Å². The first-order valence-corrected chi connectivity index (χ1v) is 11.2. The van der Waals surface area contributed by atoms with Gasteiger partial charge in [0.15, 0.2) is 0 Å². The number of hydrogen-bond acceptors (Lipinski definition) is 3. The molecule has 0 saturated heterocycles. The van der Waals surface area contributed by atoms with Crippen LogP contribution in [0.5, 0.6) is 0 Å². The molecule has 0 fully saturated rings. The Bertz CT molecular complexity index is 938. The minimum absolute atomic E-state index is 0.327. The molecule has 2 aromatic rings. The number of nitrogens with one attached hydrogen (secondary N) is 1. The average Bonchev–Trinajstić information content (AvgIpc) is 2.57. The van der Waals surface area contributed by atoms with Crippen molar-refractivity contribution in [2.24, 2.45) is 0 Å². The van der Waals surface area contributed by atoms with Crippen molar-refractivity contribution in [2.75, 3.05) is 10.6 Å². The maximum Gasteiger partial charge on any atom is 0.244 e. The van der Waals surface area contributed by atoms with E-state index in [2.05, 4.69) is 5.32 Å². The van der Waals surface area contributed by atoms with Crippen molar-refractivity contribution in [3.63, 3.8) is 0 Å². The first kappa shape index (κ1) is 22.0. The number of rotatable bonds is 7. The van der Waals surface area contributed by atoms with Crippen molar-refractivity contribution in [3.8, 4) is 0 Å². The first-order valence-electron chi connectivity index (χ1n) is 9.33. The Balaban J connectivity index is 2.28. The monoisotopic (exact) mass is 402 g/mol. The summed E-state index contributed by atoms with van der Waals surface area (Å²) in [5.74, 6) is -0.327. The van der Waals surface area contributed by atoms with Crippen LogP contribution in [0.1, 0.15) is 37.5 Å². The molecule has 0 radical (unpaired) electrons. The van der Waals surface area contributed by atoms with Crippen molar-refractivity contribution in [1.29, 1.82) is 0 Å². The lowest BCUT2D eigenvalue weighted by Gasteiger charge is -2.33. The van der Waals surface area contributed by atoms with E-state index in [1.54, 1.807) is 13.0 Å². The van der Waals surface area contributed by atoms with Crippen LogP contribution in [0.4, 0.5) is 5.69 Å². The van der Waals surface area contributed by atoms with Gasteiger partial charge in [-0.2, -0.15) is 0 Å². The van der Waals surface area contributed by atoms with Crippen LogP contribution in [0, 0.1) is 13.8 Å². The van der Waals surface area contributed by atoms with Gasteiger partial charge in [-0.15, -0.1) is 0 Å². The van der Waals surface area contributed by atoms with E-state index in [0.717, 1.165) is 22.9 Å². The molecule has 28 heavy (non-hydrogen) atoms. The Morgan fingerprint density at radius 1 is 1.11 bits per heavy atom. The number of sulfonamides is 1. The second kappa shape index (κ2) is 8.35. The molecule has 0 aliphatic heterocycles. The number of amides is 1. The van der Waals surface area contributed by atoms with Gasteiger partial charge in [0, 0.05) is 5.54 Å². The summed E-state index contributed by atoms with van der Waals surface area (Å²) < 4.78 is 26.3. The van der Waals surface area contributed by atoms with E-state index in [1.165, 1.54) is 4.31 Å². The van der Waals surface area contributed by atoms with Crippen LogP contribution in [0.2, 0.25) is 0 Å². The maximum absolute atomic E-state index is 13.0. The fourth-order valence-corrected chi connectivity index (χ4v) is 4.55. The quantitative estimate of drug-likeness (QED) is 0.770. The van der Waals surface area contributed by atoms with Gasteiger partial charge in [0.1, 0.15) is 6.04 Å². The molecular formula is C22H30N2O3S. The Hall–Kier alpha value is -2.34. The van der Waals surface area contributed by atoms with E-state index in [0.29, 0.717) is 12.1 Å². The molecule has 0 aliphatic carbocycles. The Morgan fingerprint density at radius 3 is 2.29 bits per heavy atom. The maximum atomic E-state index is 13.0. The van der Waals surface area contributed by atoms with Crippen LogP contribution in [0.3, 0.4) is 0 Å². The number of aryl methyl sites for hydroxylation is 2. The van der Waals surface area contributed by atoms with Crippen molar-refractivity contribution in [3.05, 3.63) is 65.2 Å². The van der Waals surface area contributed by atoms with Gasteiger partial charge in [-0.05, 0) is 63.8 Å². The third-order valence-electron chi connectivity index (χ3n) is 4.64. The lowest BCUT2D eigenvalue weighted by molar-refractivity contribution is -0.123. The molecule has 1 atom stereocenters. The molecule has 1 amide bonds. The molecule has 0 heterocycles. The number of benzene rings is 2. The van der Waals surface area contributed by atoms with Gasteiger partial charge < -0.3 is 5.32 Å². The lowest BCUT2D eigenvalue weighted by Crippen LogP contribution is -2.54. The first-order chi connectivity index (χ1) is 12.9. The van der Waals surface area contributed by atoms with Crippen LogP contribution < -0.4 is 9.62 Å². The lowest BCUT2D eigenvalue weighted by atomic mass is 9.94. The third-order valence-corrected chi connectivity index (χ3v) is 5.87. The Morgan fingerprint density at radius 2 is 1.71 bits per heavy atom. The number of anilines is 1. The highest BCUT2D eigenvalue weighted by Gasteiger charge is 2.32. The van der Waals surface area contributed by atoms with E-state index in [9.17, 15) is 13.2 Å². The zero-order chi connectivity index (χ0) is 21.1. The summed E-state index contributed by atoms with van der Waals surface area (Å²) in [4.78, 5) is 13.0. The van der Waals surface area contributed by atoms with Crippen molar-refractivity contribution in [1.82, 2.24) is 5.32 Å². The van der Waals surface area contributed by atoms with Gasteiger partial charge in [0.05, 0.1) is 11.9 Å². The zero-order valence-corrected chi connectivity index (χ0v) is 18.3. The number of hydrogen-bond donors (Lipinski definition) is 1. The molecule has 0 bridgehead atoms. The number of nitrogens with zero attached hydrogens (tertiary/aromatic N) is 1. The van der Waals surface area contributed by atoms with Crippen molar-refractivity contribution in [2.45, 2.75) is 52.6 Å². The van der Waals surface area contributed by atoms with E-state index < -0.39 is 21.6 Å². The molecule has 0 aromatic heterocycles. The molecule has 2 rings (SSSR count). The number of carbonyl (C=O) groups excluding carboxylic acids is 1. The van der Waals surface area contributed by atoms with Crippen LogP contribution in [-0.2, 0) is 21.2 Å². The minimum atomic E-state index is -3.64. The Labute approximate surface area is 168 Å². The largest absolute Gasteiger partial charge is 0.349 e. The van der Waals surface area contributed by atoms with Gasteiger partial charge in [0.2, 0.25) is 15.9 Å². The number of carbonyl (C=O) groups is 1. The van der Waals surface area contributed by atoms with Gasteiger partial charge in [-0.1, -0.05) is 42.5 Å². The molecule has 0 spiro atoms. The highest BCUT2D eigenvalue weighted by atomic mass is 32.2. The van der Waals surface area contributed by atoms with Gasteiger partial charge in [-0.3, -0.25) is 9.10 Å². The summed E-state index contributed by atoms with van der Waals surface area (Å²) in [6.07, 6.45) is 1.78. The molecule has 2 aromatic carbocycles. The second-order valence-electron chi connectivity index (χ2n) is 8.06. The normalized spacial score (nSPS) is 13.1. The average molecular weight is 403 g/mol. The van der Waals surface area contributed by atoms with E-state index >= 15 is 0 Å². The molecule has 0 saturated carbocycles. The molecule has 0 aliphatic rings. The summed E-state index contributed by atoms with van der Waals surface area (Å²) in [5, 5.41) is 3.02. The van der Waals surface area contributed by atoms with Crippen LogP contribution in [0.15, 0.2) is 48.5 Å². The van der Waals surface area contributed by atoms with E-state index in [1.807, 2.05) is 70.2 Å². The van der Waals surface area contributed by atoms with Crippen LogP contribution in [-0.4, -0.2) is 32.2 Å².